The molecule has 2 saturated carbocycles. The van der Waals surface area contributed by atoms with Crippen molar-refractivity contribution in [2.24, 2.45) is 23.2 Å². The molecule has 0 heterocycles. The number of fused-ring (bicyclic) bond motifs is 4. The summed E-state index contributed by atoms with van der Waals surface area (Å²) in [6, 6.07) is 8.86. The van der Waals surface area contributed by atoms with E-state index in [1.165, 1.54) is 28.0 Å². The quantitative estimate of drug-likeness (QED) is 0.634. The molecule has 0 spiro atoms. The first kappa shape index (κ1) is 23.4. The highest BCUT2D eigenvalue weighted by atomic mass is 16.3. The second kappa shape index (κ2) is 8.40. The molecule has 4 aliphatic rings. The summed E-state index contributed by atoms with van der Waals surface area (Å²) in [6.07, 6.45) is 6.82. The fourth-order valence-corrected chi connectivity index (χ4v) is 7.65. The van der Waals surface area contributed by atoms with Gasteiger partial charge in [-0.25, -0.2) is 0 Å². The van der Waals surface area contributed by atoms with Crippen LogP contribution in [-0.2, 0) is 4.79 Å². The molecule has 34 heavy (non-hydrogen) atoms. The highest BCUT2D eigenvalue weighted by Crippen LogP contribution is 2.67. The molecular weight excluding hydrogens is 422 g/mol. The van der Waals surface area contributed by atoms with Crippen LogP contribution in [0.1, 0.15) is 63.9 Å². The van der Waals surface area contributed by atoms with Crippen molar-refractivity contribution in [2.75, 3.05) is 25.6 Å². The summed E-state index contributed by atoms with van der Waals surface area (Å²) in [5, 5.41) is 21.2. The molecule has 4 aliphatic carbocycles. The van der Waals surface area contributed by atoms with E-state index in [4.69, 9.17) is 0 Å². The van der Waals surface area contributed by atoms with Gasteiger partial charge in [0.25, 0.3) is 0 Å². The van der Waals surface area contributed by atoms with Gasteiger partial charge in [0.1, 0.15) is 12.2 Å². The van der Waals surface area contributed by atoms with Crippen LogP contribution in [0.2, 0.25) is 0 Å². The van der Waals surface area contributed by atoms with Gasteiger partial charge in [0.05, 0.1) is 0 Å². The summed E-state index contributed by atoms with van der Waals surface area (Å²) in [7, 11) is 4.11. The third-order valence-electron chi connectivity index (χ3n) is 9.43. The lowest BCUT2D eigenvalue weighted by molar-refractivity contribution is -0.114. The molecule has 4 heteroatoms. The molecule has 5 rings (SSSR count). The van der Waals surface area contributed by atoms with E-state index in [-0.39, 0.29) is 23.7 Å². The number of nitrogens with zero attached hydrogens (tertiary/aromatic N) is 1. The molecule has 0 bridgehead atoms. The van der Waals surface area contributed by atoms with E-state index in [2.05, 4.69) is 68.9 Å². The van der Waals surface area contributed by atoms with Crippen molar-refractivity contribution >= 4 is 11.5 Å². The number of rotatable bonds is 2. The Balaban J connectivity index is 1.68. The molecule has 0 aromatic heterocycles. The van der Waals surface area contributed by atoms with Crippen LogP contribution in [0, 0.1) is 35.0 Å². The molecule has 1 aromatic rings. The molecule has 6 atom stereocenters. The largest absolute Gasteiger partial charge is 0.384 e. The summed E-state index contributed by atoms with van der Waals surface area (Å²) in [5.41, 5.74) is 5.23. The number of carbonyl (C=O) groups is 1. The Hall–Kier alpha value is -2.35. The van der Waals surface area contributed by atoms with Crippen molar-refractivity contribution in [3.05, 3.63) is 52.6 Å². The van der Waals surface area contributed by atoms with Gasteiger partial charge in [-0.2, -0.15) is 0 Å². The van der Waals surface area contributed by atoms with E-state index in [0.717, 1.165) is 25.7 Å². The normalized spacial score (nSPS) is 36.6. The van der Waals surface area contributed by atoms with E-state index in [9.17, 15) is 15.0 Å². The second-order valence-electron chi connectivity index (χ2n) is 11.4. The number of benzene rings is 1. The summed E-state index contributed by atoms with van der Waals surface area (Å²) in [4.78, 5) is 14.4. The van der Waals surface area contributed by atoms with Crippen LogP contribution >= 0.6 is 0 Å². The molecule has 0 saturated heterocycles. The Labute approximate surface area is 203 Å². The number of anilines is 1. The maximum atomic E-state index is 12.3. The third kappa shape index (κ3) is 3.48. The van der Waals surface area contributed by atoms with Crippen molar-refractivity contribution in [1.82, 2.24) is 0 Å². The lowest BCUT2D eigenvalue weighted by Crippen LogP contribution is -2.51. The van der Waals surface area contributed by atoms with Gasteiger partial charge in [-0.05, 0) is 84.8 Å². The molecule has 180 valence electrons. The average molecular weight is 460 g/mol. The van der Waals surface area contributed by atoms with Crippen molar-refractivity contribution in [1.29, 1.82) is 0 Å². The third-order valence-corrected chi connectivity index (χ3v) is 9.43. The van der Waals surface area contributed by atoms with Gasteiger partial charge in [-0.3, -0.25) is 4.79 Å². The van der Waals surface area contributed by atoms with Crippen molar-refractivity contribution in [2.45, 2.75) is 63.9 Å². The van der Waals surface area contributed by atoms with Crippen LogP contribution in [-0.4, -0.2) is 42.3 Å². The van der Waals surface area contributed by atoms with Crippen molar-refractivity contribution in [3.63, 3.8) is 0 Å². The van der Waals surface area contributed by atoms with E-state index in [1.54, 1.807) is 0 Å². The summed E-state index contributed by atoms with van der Waals surface area (Å²) in [5.74, 6) is 7.42. The van der Waals surface area contributed by atoms with Gasteiger partial charge in [0.2, 0.25) is 0 Å². The van der Waals surface area contributed by atoms with E-state index >= 15 is 0 Å². The molecule has 0 amide bonds. The maximum Gasteiger partial charge on any atom is 0.156 e. The highest BCUT2D eigenvalue weighted by Gasteiger charge is 2.63. The number of ketones is 1. The second-order valence-corrected chi connectivity index (χ2v) is 11.4. The molecule has 2 N–H and O–H groups in total. The van der Waals surface area contributed by atoms with Crippen LogP contribution in [0.3, 0.4) is 0 Å². The summed E-state index contributed by atoms with van der Waals surface area (Å²) >= 11 is 0. The van der Waals surface area contributed by atoms with Crippen LogP contribution in [0.4, 0.5) is 5.69 Å². The Morgan fingerprint density at radius 2 is 1.91 bits per heavy atom. The lowest BCUT2D eigenvalue weighted by Gasteiger charge is -2.54. The first-order valence-electron chi connectivity index (χ1n) is 12.8. The Morgan fingerprint density at radius 3 is 2.59 bits per heavy atom. The first-order chi connectivity index (χ1) is 16.2. The minimum absolute atomic E-state index is 0.196. The molecule has 0 aliphatic heterocycles. The topological polar surface area (TPSA) is 60.8 Å². The first-order valence-corrected chi connectivity index (χ1v) is 12.8. The molecular formula is C30H37NO3. The minimum Gasteiger partial charge on any atom is -0.384 e. The summed E-state index contributed by atoms with van der Waals surface area (Å²) < 4.78 is 0. The predicted molar refractivity (Wildman–Crippen MR) is 135 cm³/mol. The molecule has 0 radical (unpaired) electrons. The van der Waals surface area contributed by atoms with Crippen molar-refractivity contribution in [3.8, 4) is 11.8 Å². The molecule has 2 fully saturated rings. The average Bonchev–Trinajstić information content (AvgIpc) is 3.08. The van der Waals surface area contributed by atoms with E-state index in [1.807, 2.05) is 6.08 Å². The van der Waals surface area contributed by atoms with Crippen LogP contribution < -0.4 is 4.90 Å². The van der Waals surface area contributed by atoms with Gasteiger partial charge in [-0.15, -0.1) is 0 Å². The predicted octanol–water partition coefficient (Wildman–Crippen LogP) is 4.62. The number of aliphatic hydroxyl groups is 2. The number of hydrogen-bond acceptors (Lipinski definition) is 4. The Morgan fingerprint density at radius 1 is 1.18 bits per heavy atom. The lowest BCUT2D eigenvalue weighted by atomic mass is 9.50. The minimum atomic E-state index is -1.08. The fraction of sp³-hybridized carbons (Fsp3) is 0.567. The summed E-state index contributed by atoms with van der Waals surface area (Å²) in [6.45, 7) is 4.27. The number of carbonyl (C=O) groups excluding carboxylic acids is 1. The van der Waals surface area contributed by atoms with Crippen LogP contribution in [0.15, 0.2) is 47.1 Å². The number of aliphatic hydroxyl groups excluding tert-OH is 1. The molecule has 4 nitrogen and oxygen atoms in total. The zero-order valence-electron chi connectivity index (χ0n) is 20.9. The standard InChI is InChI=1S/C30H37NO3/c1-19-16-25-27-12-14-30(34,13-5-15-32)29(27,2)18-26(20-6-8-21(9-7-20)31(3)4)28(25)23-11-10-22(33)17-24(19)23/h6-9,17,19,25-27,32,34H,10-12,14-16,18H2,1-4H3/t19-,25-,26+,27-,29-,30-/m0/s1. The number of allylic oxidation sites excluding steroid dienone is 4. The SMILES string of the molecule is C[C@H]1C[C@@H]2C(=C3CCC(=O)C=C31)[C@@H](c1ccc(N(C)C)cc1)C[C@@]1(C)[C@H]2CC[C@@]1(O)C#CCO. The fourth-order valence-electron chi connectivity index (χ4n) is 7.65. The van der Waals surface area contributed by atoms with Gasteiger partial charge in [0.15, 0.2) is 5.78 Å². The monoisotopic (exact) mass is 459 g/mol. The zero-order chi connectivity index (χ0) is 24.3. The number of hydrogen-bond donors (Lipinski definition) is 2. The smallest absolute Gasteiger partial charge is 0.156 e. The van der Waals surface area contributed by atoms with Crippen molar-refractivity contribution < 1.29 is 15.0 Å². The van der Waals surface area contributed by atoms with E-state index in [0.29, 0.717) is 30.6 Å². The molecule has 0 unspecified atom stereocenters. The maximum absolute atomic E-state index is 12.3. The van der Waals surface area contributed by atoms with Crippen LogP contribution in [0.5, 0.6) is 0 Å². The van der Waals surface area contributed by atoms with Gasteiger partial charge in [-0.1, -0.05) is 43.4 Å². The van der Waals surface area contributed by atoms with Gasteiger partial charge < -0.3 is 15.1 Å². The highest BCUT2D eigenvalue weighted by molar-refractivity contribution is 5.93. The Bertz CT molecular complexity index is 1120. The Kier molecular flexibility index (Phi) is 5.78. The molecule has 1 aromatic carbocycles. The van der Waals surface area contributed by atoms with Crippen LogP contribution in [0.25, 0.3) is 0 Å². The van der Waals surface area contributed by atoms with E-state index < -0.39 is 5.60 Å². The zero-order valence-corrected chi connectivity index (χ0v) is 20.9. The van der Waals surface area contributed by atoms with Gasteiger partial charge >= 0.3 is 0 Å². The van der Waals surface area contributed by atoms with Gasteiger partial charge in [0, 0.05) is 37.5 Å².